The molecule has 2 N–H and O–H groups in total. The number of nitrogens with two attached hydrogens (primary N) is 1. The van der Waals surface area contributed by atoms with Crippen molar-refractivity contribution in [2.45, 2.75) is 26.2 Å². The van der Waals surface area contributed by atoms with Crippen LogP contribution in [0.15, 0.2) is 28.8 Å². The van der Waals surface area contributed by atoms with E-state index in [2.05, 4.69) is 25.1 Å². The number of ether oxygens (including phenoxy) is 1. The van der Waals surface area contributed by atoms with Crippen molar-refractivity contribution in [1.29, 1.82) is 0 Å². The minimum absolute atomic E-state index is 0.390. The molecule has 0 aliphatic heterocycles. The van der Waals surface area contributed by atoms with Gasteiger partial charge in [-0.2, -0.15) is 0 Å². The van der Waals surface area contributed by atoms with Crippen LogP contribution in [-0.4, -0.2) is 18.8 Å². The largest absolute Gasteiger partial charge is 0.496 e. The number of methoxy groups -OCH3 is 1. The van der Waals surface area contributed by atoms with Crippen molar-refractivity contribution < 1.29 is 9.26 Å². The van der Waals surface area contributed by atoms with Crippen LogP contribution in [0.3, 0.4) is 0 Å². The van der Waals surface area contributed by atoms with Crippen LogP contribution in [0, 0.1) is 0 Å². The first-order chi connectivity index (χ1) is 9.15. The van der Waals surface area contributed by atoms with E-state index in [-0.39, 0.29) is 0 Å². The smallest absolute Gasteiger partial charge is 0.167 e. The lowest BCUT2D eigenvalue weighted by Gasteiger charge is -2.12. The topological polar surface area (TPSA) is 61.3 Å². The maximum absolute atomic E-state index is 5.51. The van der Waals surface area contributed by atoms with E-state index >= 15 is 0 Å². The summed E-state index contributed by atoms with van der Waals surface area (Å²) in [6.45, 7) is 4.86. The van der Waals surface area contributed by atoms with Crippen molar-refractivity contribution in [3.8, 4) is 17.1 Å². The Morgan fingerprint density at radius 3 is 2.74 bits per heavy atom. The molecule has 4 heteroatoms. The molecule has 0 radical (unpaired) electrons. The minimum Gasteiger partial charge on any atom is -0.496 e. The van der Waals surface area contributed by atoms with E-state index in [0.29, 0.717) is 12.5 Å². The van der Waals surface area contributed by atoms with Gasteiger partial charge in [0.05, 0.1) is 12.8 Å². The second-order valence-corrected chi connectivity index (χ2v) is 4.83. The highest BCUT2D eigenvalue weighted by molar-refractivity contribution is 5.61. The quantitative estimate of drug-likeness (QED) is 0.897. The first-order valence-corrected chi connectivity index (χ1v) is 6.49. The molecule has 2 rings (SSSR count). The molecule has 19 heavy (non-hydrogen) atoms. The summed E-state index contributed by atoms with van der Waals surface area (Å²) >= 11 is 0. The summed E-state index contributed by atoms with van der Waals surface area (Å²) < 4.78 is 10.7. The van der Waals surface area contributed by atoms with Crippen LogP contribution in [0.1, 0.15) is 31.0 Å². The van der Waals surface area contributed by atoms with E-state index in [0.717, 1.165) is 34.8 Å². The Hall–Kier alpha value is -1.81. The average Bonchev–Trinajstić information content (AvgIpc) is 2.87. The summed E-state index contributed by atoms with van der Waals surface area (Å²) in [6.07, 6.45) is 0.733. The van der Waals surface area contributed by atoms with Crippen LogP contribution >= 0.6 is 0 Å². The second kappa shape index (κ2) is 5.89. The molecule has 0 aliphatic carbocycles. The molecule has 0 amide bonds. The van der Waals surface area contributed by atoms with Crippen LogP contribution < -0.4 is 10.5 Å². The lowest BCUT2D eigenvalue weighted by molar-refractivity contribution is 0.407. The number of rotatable bonds is 5. The lowest BCUT2D eigenvalue weighted by Crippen LogP contribution is -2.02. The number of hydrogen-bond donors (Lipinski definition) is 1. The fraction of sp³-hybridized carbons (Fsp3) is 0.400. The van der Waals surface area contributed by atoms with E-state index in [1.54, 1.807) is 7.11 Å². The molecule has 4 nitrogen and oxygen atoms in total. The molecular weight excluding hydrogens is 240 g/mol. The maximum Gasteiger partial charge on any atom is 0.167 e. The summed E-state index contributed by atoms with van der Waals surface area (Å²) in [6, 6.07) is 7.99. The average molecular weight is 260 g/mol. The van der Waals surface area contributed by atoms with Gasteiger partial charge in [-0.15, -0.1) is 0 Å². The van der Waals surface area contributed by atoms with E-state index in [4.69, 9.17) is 15.0 Å². The molecule has 0 aliphatic rings. The first kappa shape index (κ1) is 13.6. The Balaban J connectivity index is 2.36. The number of nitrogens with zero attached hydrogens (tertiary/aromatic N) is 1. The highest BCUT2D eigenvalue weighted by Gasteiger charge is 2.12. The van der Waals surface area contributed by atoms with Gasteiger partial charge >= 0.3 is 0 Å². The standard InChI is InChI=1S/C15H20N2O2/c1-10(2)13-8-11(4-5-14(13)18-3)15-9-12(6-7-16)17-19-15/h4-5,8-10H,6-7,16H2,1-3H3. The van der Waals surface area contributed by atoms with E-state index in [9.17, 15) is 0 Å². The summed E-state index contributed by atoms with van der Waals surface area (Å²) in [5.41, 5.74) is 8.58. The van der Waals surface area contributed by atoms with Gasteiger partial charge in [-0.05, 0) is 36.2 Å². The van der Waals surface area contributed by atoms with Crippen LogP contribution in [-0.2, 0) is 6.42 Å². The summed E-state index contributed by atoms with van der Waals surface area (Å²) in [5, 5.41) is 4.01. The van der Waals surface area contributed by atoms with E-state index in [1.165, 1.54) is 0 Å². The highest BCUT2D eigenvalue weighted by atomic mass is 16.5. The predicted molar refractivity (Wildman–Crippen MR) is 75.3 cm³/mol. The van der Waals surface area contributed by atoms with Crippen molar-refractivity contribution in [3.05, 3.63) is 35.5 Å². The van der Waals surface area contributed by atoms with Crippen molar-refractivity contribution in [1.82, 2.24) is 5.16 Å². The van der Waals surface area contributed by atoms with Crippen LogP contribution in [0.2, 0.25) is 0 Å². The molecule has 0 bridgehead atoms. The van der Waals surface area contributed by atoms with E-state index < -0.39 is 0 Å². The van der Waals surface area contributed by atoms with Gasteiger partial charge in [0.2, 0.25) is 0 Å². The third-order valence-corrected chi connectivity index (χ3v) is 3.10. The molecule has 0 atom stereocenters. The molecule has 1 aromatic carbocycles. The minimum atomic E-state index is 0.390. The SMILES string of the molecule is COc1ccc(-c2cc(CCN)no2)cc1C(C)C. The molecule has 1 heterocycles. The van der Waals surface area contributed by atoms with Crippen molar-refractivity contribution in [2.24, 2.45) is 5.73 Å². The van der Waals surface area contributed by atoms with Crippen molar-refractivity contribution in [2.75, 3.05) is 13.7 Å². The molecule has 2 aromatic rings. The monoisotopic (exact) mass is 260 g/mol. The Labute approximate surface area is 113 Å². The molecule has 0 saturated carbocycles. The summed E-state index contributed by atoms with van der Waals surface area (Å²) in [4.78, 5) is 0. The molecule has 0 fully saturated rings. The summed E-state index contributed by atoms with van der Waals surface area (Å²) in [5.74, 6) is 2.06. The fourth-order valence-electron chi connectivity index (χ4n) is 2.05. The normalized spacial score (nSPS) is 11.0. The van der Waals surface area contributed by atoms with Gasteiger partial charge in [0.25, 0.3) is 0 Å². The zero-order valence-corrected chi connectivity index (χ0v) is 11.6. The zero-order chi connectivity index (χ0) is 13.8. The van der Waals surface area contributed by atoms with Crippen molar-refractivity contribution in [3.63, 3.8) is 0 Å². The summed E-state index contributed by atoms with van der Waals surface area (Å²) in [7, 11) is 1.69. The number of aromatic nitrogens is 1. The molecule has 102 valence electrons. The van der Waals surface area contributed by atoms with Gasteiger partial charge in [0, 0.05) is 18.1 Å². The van der Waals surface area contributed by atoms with Crippen LogP contribution in [0.4, 0.5) is 0 Å². The van der Waals surface area contributed by atoms with Gasteiger partial charge in [-0.1, -0.05) is 19.0 Å². The Bertz CT molecular complexity index is 547. The Kier molecular flexibility index (Phi) is 4.22. The van der Waals surface area contributed by atoms with Gasteiger partial charge < -0.3 is 15.0 Å². The third-order valence-electron chi connectivity index (χ3n) is 3.10. The molecule has 0 spiro atoms. The van der Waals surface area contributed by atoms with E-state index in [1.807, 2.05) is 18.2 Å². The van der Waals surface area contributed by atoms with Gasteiger partial charge in [-0.25, -0.2) is 0 Å². The lowest BCUT2D eigenvalue weighted by atomic mass is 9.98. The highest BCUT2D eigenvalue weighted by Crippen LogP contribution is 2.31. The molecule has 1 aromatic heterocycles. The number of benzene rings is 1. The van der Waals surface area contributed by atoms with Gasteiger partial charge in [-0.3, -0.25) is 0 Å². The second-order valence-electron chi connectivity index (χ2n) is 4.83. The van der Waals surface area contributed by atoms with Gasteiger partial charge in [0.1, 0.15) is 5.75 Å². The van der Waals surface area contributed by atoms with Crippen LogP contribution in [0.5, 0.6) is 5.75 Å². The predicted octanol–water partition coefficient (Wildman–Crippen LogP) is 2.97. The Morgan fingerprint density at radius 2 is 2.11 bits per heavy atom. The fourth-order valence-corrected chi connectivity index (χ4v) is 2.05. The number of hydrogen-bond acceptors (Lipinski definition) is 4. The van der Waals surface area contributed by atoms with Crippen LogP contribution in [0.25, 0.3) is 11.3 Å². The first-order valence-electron chi connectivity index (χ1n) is 6.49. The Morgan fingerprint density at radius 1 is 1.32 bits per heavy atom. The molecular formula is C15H20N2O2. The molecule has 0 saturated heterocycles. The molecule has 0 unspecified atom stereocenters. The third kappa shape index (κ3) is 2.96. The van der Waals surface area contributed by atoms with Gasteiger partial charge in [0.15, 0.2) is 5.76 Å². The maximum atomic E-state index is 5.51. The van der Waals surface area contributed by atoms with Crippen molar-refractivity contribution >= 4 is 0 Å². The zero-order valence-electron chi connectivity index (χ0n) is 11.6.